The number of hydrogen-bond donors (Lipinski definition) is 0. The fourth-order valence-corrected chi connectivity index (χ4v) is 3.61. The van der Waals surface area contributed by atoms with Crippen molar-refractivity contribution in [2.75, 3.05) is 33.0 Å². The van der Waals surface area contributed by atoms with E-state index in [1.165, 1.54) is 6.07 Å². The van der Waals surface area contributed by atoms with E-state index in [4.69, 9.17) is 14.0 Å². The number of ether oxygens (including phenoxy) is 2. The summed E-state index contributed by atoms with van der Waals surface area (Å²) >= 11 is 0. The molecule has 0 aliphatic carbocycles. The molecule has 2 aliphatic heterocycles. The smallest absolute Gasteiger partial charge is 0.270 e. The van der Waals surface area contributed by atoms with Crippen LogP contribution in [0.2, 0.25) is 0 Å². The zero-order valence-electron chi connectivity index (χ0n) is 16.7. The van der Waals surface area contributed by atoms with E-state index >= 15 is 0 Å². The van der Waals surface area contributed by atoms with Crippen molar-refractivity contribution >= 4 is 5.69 Å². The van der Waals surface area contributed by atoms with Crippen molar-refractivity contribution in [3.05, 3.63) is 45.1 Å². The van der Waals surface area contributed by atoms with Gasteiger partial charge in [0.1, 0.15) is 5.75 Å². The molecule has 10 nitrogen and oxygen atoms in total. The highest BCUT2D eigenvalue weighted by molar-refractivity contribution is 5.50. The van der Waals surface area contributed by atoms with Crippen molar-refractivity contribution in [3.8, 4) is 5.75 Å². The molecule has 1 fully saturated rings. The van der Waals surface area contributed by atoms with Gasteiger partial charge in [-0.25, -0.2) is 0 Å². The highest BCUT2D eigenvalue weighted by atomic mass is 16.7. The molecule has 0 bridgehead atoms. The summed E-state index contributed by atoms with van der Waals surface area (Å²) in [6.45, 7) is 9.25. The highest BCUT2D eigenvalue weighted by Crippen LogP contribution is 2.33. The second-order valence-electron chi connectivity index (χ2n) is 7.71. The predicted molar refractivity (Wildman–Crippen MR) is 102 cm³/mol. The van der Waals surface area contributed by atoms with Crippen LogP contribution < -0.4 is 4.74 Å². The number of nitro groups is 1. The second kappa shape index (κ2) is 8.44. The number of non-ortho nitro benzene ring substituents is 1. The van der Waals surface area contributed by atoms with Crippen LogP contribution >= 0.6 is 0 Å². The van der Waals surface area contributed by atoms with Crippen LogP contribution in [0, 0.1) is 10.1 Å². The van der Waals surface area contributed by atoms with Crippen LogP contribution in [-0.4, -0.2) is 57.8 Å². The lowest BCUT2D eigenvalue weighted by Gasteiger charge is -2.34. The van der Waals surface area contributed by atoms with Crippen molar-refractivity contribution in [1.29, 1.82) is 0 Å². The van der Waals surface area contributed by atoms with Gasteiger partial charge in [-0.05, 0) is 0 Å². The Bertz CT molecular complexity index is 876. The summed E-state index contributed by atoms with van der Waals surface area (Å²) in [5.41, 5.74) is 1.64. The number of nitro benzene ring substituents is 1. The molecule has 2 aromatic rings. The molecule has 0 radical (unpaired) electrons. The van der Waals surface area contributed by atoms with Gasteiger partial charge >= 0.3 is 0 Å². The Balaban J connectivity index is 1.38. The summed E-state index contributed by atoms with van der Waals surface area (Å²) in [6.07, 6.45) is 0. The quantitative estimate of drug-likeness (QED) is 0.530. The van der Waals surface area contributed by atoms with Crippen LogP contribution in [0.15, 0.2) is 16.7 Å². The van der Waals surface area contributed by atoms with Crippen molar-refractivity contribution in [1.82, 2.24) is 19.9 Å². The number of aromatic nitrogens is 2. The first kappa shape index (κ1) is 19.7. The van der Waals surface area contributed by atoms with Crippen molar-refractivity contribution < 1.29 is 18.9 Å². The summed E-state index contributed by atoms with van der Waals surface area (Å²) in [7, 11) is 0. The molecule has 0 N–H and O–H groups in total. The maximum absolute atomic E-state index is 11.3. The topological polar surface area (TPSA) is 107 Å². The fourth-order valence-electron chi connectivity index (χ4n) is 3.61. The van der Waals surface area contributed by atoms with E-state index in [0.717, 1.165) is 48.9 Å². The molecule has 4 rings (SSSR count). The first-order valence-electron chi connectivity index (χ1n) is 9.77. The van der Waals surface area contributed by atoms with Gasteiger partial charge in [-0.2, -0.15) is 4.98 Å². The predicted octanol–water partition coefficient (Wildman–Crippen LogP) is 2.29. The number of benzene rings is 1. The van der Waals surface area contributed by atoms with Crippen LogP contribution in [0.25, 0.3) is 0 Å². The summed E-state index contributed by atoms with van der Waals surface area (Å²) < 4.78 is 16.3. The molecule has 156 valence electrons. The van der Waals surface area contributed by atoms with Gasteiger partial charge in [0.25, 0.3) is 5.69 Å². The lowest BCUT2D eigenvalue weighted by Crippen LogP contribution is -2.45. The third-order valence-corrected chi connectivity index (χ3v) is 5.20. The summed E-state index contributed by atoms with van der Waals surface area (Å²) in [5, 5.41) is 15.3. The summed E-state index contributed by atoms with van der Waals surface area (Å²) in [4.78, 5) is 19.9. The summed E-state index contributed by atoms with van der Waals surface area (Å²) in [6, 6.07) is 3.15. The molecular formula is C19H25N5O5. The average molecular weight is 403 g/mol. The Morgan fingerprint density at radius 1 is 1.17 bits per heavy atom. The average Bonchev–Trinajstić information content (AvgIpc) is 3.18. The van der Waals surface area contributed by atoms with Gasteiger partial charge in [-0.1, -0.05) is 19.0 Å². The van der Waals surface area contributed by atoms with E-state index in [1.54, 1.807) is 6.07 Å². The molecule has 1 saturated heterocycles. The number of hydrogen-bond acceptors (Lipinski definition) is 9. The minimum absolute atomic E-state index is 0.0730. The minimum Gasteiger partial charge on any atom is -0.467 e. The fraction of sp³-hybridized carbons (Fsp3) is 0.579. The molecule has 29 heavy (non-hydrogen) atoms. The van der Waals surface area contributed by atoms with Gasteiger partial charge in [-0.3, -0.25) is 19.9 Å². The van der Waals surface area contributed by atoms with Crippen molar-refractivity contribution in [2.24, 2.45) is 0 Å². The maximum atomic E-state index is 11.3. The standard InChI is InChI=1S/C19H25N5O5/c1-13(2)19-20-17(29-21-19)10-23-5-3-22(4-6-23)9-14-7-16(24(25)26)8-15-11-27-12-28-18(14)15/h7-8,13H,3-6,9-12H2,1-2H3. The molecule has 0 atom stereocenters. The van der Waals surface area contributed by atoms with E-state index in [0.29, 0.717) is 25.6 Å². The van der Waals surface area contributed by atoms with E-state index in [9.17, 15) is 10.1 Å². The largest absolute Gasteiger partial charge is 0.467 e. The molecule has 2 aliphatic rings. The first-order chi connectivity index (χ1) is 14.0. The van der Waals surface area contributed by atoms with E-state index < -0.39 is 0 Å². The molecule has 10 heteroatoms. The Labute approximate surface area is 168 Å². The monoisotopic (exact) mass is 403 g/mol. The third kappa shape index (κ3) is 4.55. The summed E-state index contributed by atoms with van der Waals surface area (Å²) in [5.74, 6) is 2.34. The minimum atomic E-state index is -0.369. The number of nitrogens with zero attached hydrogens (tertiary/aromatic N) is 5. The molecule has 3 heterocycles. The lowest BCUT2D eigenvalue weighted by atomic mass is 10.1. The van der Waals surface area contributed by atoms with Gasteiger partial charge in [0.05, 0.1) is 18.1 Å². The van der Waals surface area contributed by atoms with Crippen LogP contribution in [0.4, 0.5) is 5.69 Å². The van der Waals surface area contributed by atoms with E-state index in [-0.39, 0.29) is 23.3 Å². The van der Waals surface area contributed by atoms with E-state index in [1.807, 2.05) is 13.8 Å². The molecule has 0 spiro atoms. The number of piperazine rings is 1. The van der Waals surface area contributed by atoms with Crippen molar-refractivity contribution in [2.45, 2.75) is 39.5 Å². The van der Waals surface area contributed by atoms with E-state index in [2.05, 4.69) is 19.9 Å². The SMILES string of the molecule is CC(C)c1noc(CN2CCN(Cc3cc([N+](=O)[O-])cc4c3OCOC4)CC2)n1. The Hall–Kier alpha value is -2.56. The Morgan fingerprint density at radius 3 is 2.55 bits per heavy atom. The molecule has 0 amide bonds. The normalized spacial score (nSPS) is 17.9. The second-order valence-corrected chi connectivity index (χ2v) is 7.71. The number of rotatable bonds is 6. The van der Waals surface area contributed by atoms with Gasteiger partial charge in [0.2, 0.25) is 5.89 Å². The lowest BCUT2D eigenvalue weighted by molar-refractivity contribution is -0.385. The molecule has 0 saturated carbocycles. The van der Waals surface area contributed by atoms with Crippen LogP contribution in [-0.2, 0) is 24.4 Å². The first-order valence-corrected chi connectivity index (χ1v) is 9.77. The zero-order valence-corrected chi connectivity index (χ0v) is 16.7. The van der Waals surface area contributed by atoms with Gasteiger partial charge in [-0.15, -0.1) is 0 Å². The Morgan fingerprint density at radius 2 is 1.90 bits per heavy atom. The van der Waals surface area contributed by atoms with Gasteiger partial charge in [0.15, 0.2) is 12.6 Å². The highest BCUT2D eigenvalue weighted by Gasteiger charge is 2.25. The molecule has 0 unspecified atom stereocenters. The van der Waals surface area contributed by atoms with Crippen LogP contribution in [0.1, 0.15) is 42.6 Å². The van der Waals surface area contributed by atoms with Crippen LogP contribution in [0.3, 0.4) is 0 Å². The Kier molecular flexibility index (Phi) is 5.74. The zero-order chi connectivity index (χ0) is 20.4. The maximum Gasteiger partial charge on any atom is 0.270 e. The number of fused-ring (bicyclic) bond motifs is 1. The van der Waals surface area contributed by atoms with Crippen LogP contribution in [0.5, 0.6) is 5.75 Å². The molecule has 1 aromatic heterocycles. The van der Waals surface area contributed by atoms with Crippen molar-refractivity contribution in [3.63, 3.8) is 0 Å². The molecular weight excluding hydrogens is 378 g/mol. The molecule has 1 aromatic carbocycles. The third-order valence-electron chi connectivity index (χ3n) is 5.20. The van der Waals surface area contributed by atoms with Gasteiger partial charge < -0.3 is 14.0 Å². The van der Waals surface area contributed by atoms with Gasteiger partial charge in [0, 0.05) is 61.9 Å².